The van der Waals surface area contributed by atoms with E-state index >= 15 is 0 Å². The van der Waals surface area contributed by atoms with Gasteiger partial charge in [-0.2, -0.15) is 0 Å². The van der Waals surface area contributed by atoms with Crippen LogP contribution in [0.5, 0.6) is 0 Å². The predicted molar refractivity (Wildman–Crippen MR) is 85.4 cm³/mol. The molecule has 0 bridgehead atoms. The summed E-state index contributed by atoms with van der Waals surface area (Å²) in [5.74, 6) is 0.154. The minimum absolute atomic E-state index is 0.154. The first-order valence-electron chi connectivity index (χ1n) is 7.59. The zero-order valence-corrected chi connectivity index (χ0v) is 12.7. The number of carbonyl (C=O) groups excluding carboxylic acids is 1. The van der Waals surface area contributed by atoms with Crippen LogP contribution in [-0.2, 0) is 0 Å². The summed E-state index contributed by atoms with van der Waals surface area (Å²) in [6, 6.07) is 16.7. The van der Waals surface area contributed by atoms with E-state index in [4.69, 9.17) is 0 Å². The van der Waals surface area contributed by atoms with Gasteiger partial charge in [-0.05, 0) is 44.4 Å². The lowest BCUT2D eigenvalue weighted by Crippen LogP contribution is -2.30. The normalized spacial score (nSPS) is 18.0. The van der Waals surface area contributed by atoms with Gasteiger partial charge in [0.2, 0.25) is 0 Å². The maximum Gasteiger partial charge on any atom is 0.254 e. The van der Waals surface area contributed by atoms with E-state index in [2.05, 4.69) is 31.2 Å². The molecule has 1 fully saturated rings. The van der Waals surface area contributed by atoms with Crippen LogP contribution in [-0.4, -0.2) is 17.4 Å². The molecule has 2 nitrogen and oxygen atoms in total. The summed E-state index contributed by atoms with van der Waals surface area (Å²) in [4.78, 5) is 14.8. The van der Waals surface area contributed by atoms with E-state index in [1.165, 1.54) is 11.1 Å². The number of hydrogen-bond acceptors (Lipinski definition) is 1. The zero-order chi connectivity index (χ0) is 14.8. The Morgan fingerprint density at radius 1 is 1.05 bits per heavy atom. The first-order chi connectivity index (χ1) is 10.1. The molecule has 1 saturated heterocycles. The molecule has 21 heavy (non-hydrogen) atoms. The molecule has 1 atom stereocenters. The van der Waals surface area contributed by atoms with Gasteiger partial charge in [0.1, 0.15) is 0 Å². The molecule has 2 aromatic carbocycles. The molecule has 0 aromatic heterocycles. The first kappa shape index (κ1) is 13.9. The molecule has 108 valence electrons. The highest BCUT2D eigenvalue weighted by molar-refractivity contribution is 5.94. The number of likely N-dealkylation sites (tertiary alicyclic amines) is 1. The standard InChI is InChI=1S/C19H21NO/c1-14-8-10-16(11-9-14)18-7-4-12-20(18)19(21)17-6-3-5-15(2)13-17/h3,5-6,8-11,13,18H,4,7,12H2,1-2H3. The van der Waals surface area contributed by atoms with E-state index in [-0.39, 0.29) is 11.9 Å². The van der Waals surface area contributed by atoms with Crippen LogP contribution < -0.4 is 0 Å². The van der Waals surface area contributed by atoms with Crippen molar-refractivity contribution < 1.29 is 4.79 Å². The average Bonchev–Trinajstić information content (AvgIpc) is 2.96. The van der Waals surface area contributed by atoms with Crippen LogP contribution >= 0.6 is 0 Å². The summed E-state index contributed by atoms with van der Waals surface area (Å²) in [6.07, 6.45) is 2.14. The Labute approximate surface area is 126 Å². The van der Waals surface area contributed by atoms with Crippen molar-refractivity contribution in [3.05, 3.63) is 70.8 Å². The van der Waals surface area contributed by atoms with Crippen molar-refractivity contribution in [1.82, 2.24) is 4.90 Å². The minimum atomic E-state index is 0.154. The summed E-state index contributed by atoms with van der Waals surface area (Å²) in [5, 5.41) is 0. The molecule has 0 N–H and O–H groups in total. The van der Waals surface area contributed by atoms with Crippen molar-refractivity contribution in [2.24, 2.45) is 0 Å². The van der Waals surface area contributed by atoms with Gasteiger partial charge in [0.25, 0.3) is 5.91 Å². The second-order valence-electron chi connectivity index (χ2n) is 5.94. The van der Waals surface area contributed by atoms with Crippen molar-refractivity contribution in [3.63, 3.8) is 0 Å². The van der Waals surface area contributed by atoms with Crippen LogP contribution in [0.4, 0.5) is 0 Å². The number of benzene rings is 2. The molecule has 1 aliphatic heterocycles. The van der Waals surface area contributed by atoms with Gasteiger partial charge in [-0.3, -0.25) is 4.79 Å². The zero-order valence-electron chi connectivity index (χ0n) is 12.7. The molecular weight excluding hydrogens is 258 g/mol. The number of carbonyl (C=O) groups is 1. The number of hydrogen-bond donors (Lipinski definition) is 0. The third-order valence-electron chi connectivity index (χ3n) is 4.24. The van der Waals surface area contributed by atoms with Crippen LogP contribution in [0.2, 0.25) is 0 Å². The smallest absolute Gasteiger partial charge is 0.254 e. The molecule has 2 heteroatoms. The average molecular weight is 279 g/mol. The van der Waals surface area contributed by atoms with E-state index in [0.29, 0.717) is 0 Å². The maximum absolute atomic E-state index is 12.8. The van der Waals surface area contributed by atoms with Gasteiger partial charge in [-0.25, -0.2) is 0 Å². The van der Waals surface area contributed by atoms with Gasteiger partial charge in [-0.1, -0.05) is 47.5 Å². The summed E-state index contributed by atoms with van der Waals surface area (Å²) in [7, 11) is 0. The highest BCUT2D eigenvalue weighted by Gasteiger charge is 2.30. The predicted octanol–water partition coefficient (Wildman–Crippen LogP) is 4.28. The number of nitrogens with zero attached hydrogens (tertiary/aromatic N) is 1. The molecule has 1 aliphatic rings. The van der Waals surface area contributed by atoms with Crippen molar-refractivity contribution in [1.29, 1.82) is 0 Å². The third kappa shape index (κ3) is 2.85. The van der Waals surface area contributed by atoms with Gasteiger partial charge in [-0.15, -0.1) is 0 Å². The summed E-state index contributed by atoms with van der Waals surface area (Å²) in [5.41, 5.74) is 4.44. The van der Waals surface area contributed by atoms with E-state index in [1.54, 1.807) is 0 Å². The maximum atomic E-state index is 12.8. The second kappa shape index (κ2) is 5.72. The second-order valence-corrected chi connectivity index (χ2v) is 5.94. The first-order valence-corrected chi connectivity index (χ1v) is 7.59. The number of amides is 1. The third-order valence-corrected chi connectivity index (χ3v) is 4.24. The molecule has 2 aromatic rings. The Hall–Kier alpha value is -2.09. The Kier molecular flexibility index (Phi) is 3.78. The lowest BCUT2D eigenvalue weighted by Gasteiger charge is -2.25. The largest absolute Gasteiger partial charge is 0.332 e. The van der Waals surface area contributed by atoms with Crippen LogP contribution in [0, 0.1) is 13.8 Å². The van der Waals surface area contributed by atoms with Crippen LogP contribution in [0.3, 0.4) is 0 Å². The van der Waals surface area contributed by atoms with Gasteiger partial charge >= 0.3 is 0 Å². The summed E-state index contributed by atoms with van der Waals surface area (Å²) < 4.78 is 0. The summed E-state index contributed by atoms with van der Waals surface area (Å²) >= 11 is 0. The van der Waals surface area contributed by atoms with Crippen molar-refractivity contribution in [2.45, 2.75) is 32.7 Å². The summed E-state index contributed by atoms with van der Waals surface area (Å²) in [6.45, 7) is 4.97. The Balaban J connectivity index is 1.87. The molecule has 3 rings (SSSR count). The van der Waals surface area contributed by atoms with E-state index < -0.39 is 0 Å². The van der Waals surface area contributed by atoms with Crippen LogP contribution in [0.15, 0.2) is 48.5 Å². The molecule has 0 spiro atoms. The highest BCUT2D eigenvalue weighted by Crippen LogP contribution is 2.33. The molecule has 0 radical (unpaired) electrons. The number of rotatable bonds is 2. The Bertz CT molecular complexity index is 645. The van der Waals surface area contributed by atoms with E-state index in [9.17, 15) is 4.79 Å². The van der Waals surface area contributed by atoms with E-state index in [0.717, 1.165) is 30.5 Å². The van der Waals surface area contributed by atoms with Gasteiger partial charge in [0, 0.05) is 12.1 Å². The Morgan fingerprint density at radius 3 is 2.52 bits per heavy atom. The fourth-order valence-electron chi connectivity index (χ4n) is 3.09. The fraction of sp³-hybridized carbons (Fsp3) is 0.316. The van der Waals surface area contributed by atoms with E-state index in [1.807, 2.05) is 36.1 Å². The molecule has 1 amide bonds. The highest BCUT2D eigenvalue weighted by atomic mass is 16.2. The van der Waals surface area contributed by atoms with Crippen molar-refractivity contribution >= 4 is 5.91 Å². The monoisotopic (exact) mass is 279 g/mol. The number of aryl methyl sites for hydroxylation is 2. The van der Waals surface area contributed by atoms with Gasteiger partial charge in [0.05, 0.1) is 6.04 Å². The minimum Gasteiger partial charge on any atom is -0.332 e. The van der Waals surface area contributed by atoms with Crippen molar-refractivity contribution in [3.8, 4) is 0 Å². The lowest BCUT2D eigenvalue weighted by atomic mass is 10.0. The molecule has 1 heterocycles. The fourth-order valence-corrected chi connectivity index (χ4v) is 3.09. The SMILES string of the molecule is Cc1ccc(C2CCCN2C(=O)c2cccc(C)c2)cc1. The quantitative estimate of drug-likeness (QED) is 0.803. The topological polar surface area (TPSA) is 20.3 Å². The van der Waals surface area contributed by atoms with Gasteiger partial charge in [0.15, 0.2) is 0 Å². The lowest BCUT2D eigenvalue weighted by molar-refractivity contribution is 0.0735. The van der Waals surface area contributed by atoms with Gasteiger partial charge < -0.3 is 4.90 Å². The molecule has 0 saturated carbocycles. The van der Waals surface area contributed by atoms with Crippen LogP contribution in [0.1, 0.15) is 45.9 Å². The Morgan fingerprint density at radius 2 is 1.81 bits per heavy atom. The molecule has 1 unspecified atom stereocenters. The van der Waals surface area contributed by atoms with Crippen molar-refractivity contribution in [2.75, 3.05) is 6.54 Å². The molecule has 0 aliphatic carbocycles. The molecular formula is C19H21NO. The van der Waals surface area contributed by atoms with Crippen LogP contribution in [0.25, 0.3) is 0 Å².